The number of hydrogen-bond acceptors (Lipinski definition) is 6. The Balaban J connectivity index is 1.57. The van der Waals surface area contributed by atoms with Gasteiger partial charge in [-0.1, -0.05) is 62.0 Å². The van der Waals surface area contributed by atoms with Gasteiger partial charge in [0.25, 0.3) is 0 Å². The van der Waals surface area contributed by atoms with Crippen molar-refractivity contribution in [2.45, 2.75) is 37.1 Å². The fourth-order valence-corrected chi connectivity index (χ4v) is 4.53. The number of nitrogens with one attached hydrogen (secondary N) is 1. The number of anilines is 2. The monoisotopic (exact) mass is 451 g/mol. The van der Waals surface area contributed by atoms with Gasteiger partial charge in [-0.05, 0) is 36.6 Å². The van der Waals surface area contributed by atoms with Crippen LogP contribution in [0.2, 0.25) is 0 Å². The summed E-state index contributed by atoms with van der Waals surface area (Å²) in [4.78, 5) is 15.2. The number of thioether (sulfide) groups is 1. The molecular formula is C24H29N5O2S. The molecule has 3 aromatic rings. The first kappa shape index (κ1) is 22.4. The summed E-state index contributed by atoms with van der Waals surface area (Å²) in [6, 6.07) is 18.0. The van der Waals surface area contributed by atoms with Gasteiger partial charge in [0.15, 0.2) is 5.16 Å². The number of para-hydroxylation sites is 2. The SMILES string of the molecule is CC(Sc1nnc(N2CCOCC2)n1-c1ccccc1)C(=O)Nc1ccccc1C(C)C. The van der Waals surface area contributed by atoms with E-state index in [2.05, 4.69) is 40.3 Å². The fraction of sp³-hybridized carbons (Fsp3) is 0.375. The van der Waals surface area contributed by atoms with Gasteiger partial charge in [-0.25, -0.2) is 0 Å². The Hall–Kier alpha value is -2.84. The zero-order valence-electron chi connectivity index (χ0n) is 18.7. The van der Waals surface area contributed by atoms with Gasteiger partial charge in [0.05, 0.1) is 24.2 Å². The van der Waals surface area contributed by atoms with E-state index in [1.807, 2.05) is 60.0 Å². The molecule has 7 nitrogen and oxygen atoms in total. The van der Waals surface area contributed by atoms with Gasteiger partial charge < -0.3 is 15.0 Å². The van der Waals surface area contributed by atoms with Crippen LogP contribution in [-0.2, 0) is 9.53 Å². The summed E-state index contributed by atoms with van der Waals surface area (Å²) in [6.45, 7) is 9.00. The highest BCUT2D eigenvalue weighted by molar-refractivity contribution is 8.00. The van der Waals surface area contributed by atoms with Crippen LogP contribution in [0, 0.1) is 0 Å². The highest BCUT2D eigenvalue weighted by Gasteiger charge is 2.25. The molecular weight excluding hydrogens is 422 g/mol. The van der Waals surface area contributed by atoms with Crippen LogP contribution in [0.3, 0.4) is 0 Å². The smallest absolute Gasteiger partial charge is 0.237 e. The van der Waals surface area contributed by atoms with E-state index < -0.39 is 0 Å². The topological polar surface area (TPSA) is 72.3 Å². The second-order valence-corrected chi connectivity index (χ2v) is 9.35. The molecule has 0 aliphatic carbocycles. The van der Waals surface area contributed by atoms with Crippen molar-refractivity contribution in [2.24, 2.45) is 0 Å². The lowest BCUT2D eigenvalue weighted by Crippen LogP contribution is -2.37. The van der Waals surface area contributed by atoms with Crippen LogP contribution in [0.4, 0.5) is 11.6 Å². The van der Waals surface area contributed by atoms with Gasteiger partial charge in [0.2, 0.25) is 11.9 Å². The number of aromatic nitrogens is 3. The van der Waals surface area contributed by atoms with Crippen LogP contribution >= 0.6 is 11.8 Å². The summed E-state index contributed by atoms with van der Waals surface area (Å²) in [7, 11) is 0. The van der Waals surface area contributed by atoms with Gasteiger partial charge >= 0.3 is 0 Å². The van der Waals surface area contributed by atoms with E-state index in [9.17, 15) is 4.79 Å². The van der Waals surface area contributed by atoms with E-state index in [0.717, 1.165) is 36.0 Å². The van der Waals surface area contributed by atoms with Crippen molar-refractivity contribution in [1.29, 1.82) is 0 Å². The maximum atomic E-state index is 13.0. The molecule has 8 heteroatoms. The Morgan fingerprint density at radius 1 is 1.00 bits per heavy atom. The molecule has 1 N–H and O–H groups in total. The van der Waals surface area contributed by atoms with E-state index in [4.69, 9.17) is 4.74 Å². The lowest BCUT2D eigenvalue weighted by molar-refractivity contribution is -0.115. The molecule has 1 unspecified atom stereocenters. The summed E-state index contributed by atoms with van der Waals surface area (Å²) < 4.78 is 7.52. The first-order valence-corrected chi connectivity index (χ1v) is 11.8. The largest absolute Gasteiger partial charge is 0.378 e. The molecule has 1 saturated heterocycles. The third-order valence-corrected chi connectivity index (χ3v) is 6.46. The number of amides is 1. The number of hydrogen-bond donors (Lipinski definition) is 1. The Labute approximate surface area is 193 Å². The third-order valence-electron chi connectivity index (χ3n) is 5.42. The highest BCUT2D eigenvalue weighted by atomic mass is 32.2. The standard InChI is InChI=1S/C24H29N5O2S/c1-17(2)20-11-7-8-12-21(20)25-22(30)18(3)32-24-27-26-23(28-13-15-31-16-14-28)29(24)19-9-5-4-6-10-19/h4-12,17-18H,13-16H2,1-3H3,(H,25,30). The number of morpholine rings is 1. The maximum Gasteiger partial charge on any atom is 0.237 e. The molecule has 2 aromatic carbocycles. The van der Waals surface area contributed by atoms with Gasteiger partial charge in [-0.3, -0.25) is 9.36 Å². The van der Waals surface area contributed by atoms with Gasteiger partial charge in [-0.2, -0.15) is 0 Å². The minimum atomic E-state index is -0.348. The van der Waals surface area contributed by atoms with E-state index in [-0.39, 0.29) is 11.2 Å². The molecule has 0 bridgehead atoms. The highest BCUT2D eigenvalue weighted by Crippen LogP contribution is 2.31. The van der Waals surface area contributed by atoms with E-state index in [1.165, 1.54) is 11.8 Å². The van der Waals surface area contributed by atoms with Crippen LogP contribution in [-0.4, -0.2) is 52.2 Å². The number of rotatable bonds is 7. The molecule has 32 heavy (non-hydrogen) atoms. The predicted octanol–water partition coefficient (Wildman–Crippen LogP) is 4.35. The van der Waals surface area contributed by atoms with Crippen LogP contribution in [0.25, 0.3) is 5.69 Å². The minimum absolute atomic E-state index is 0.0568. The van der Waals surface area contributed by atoms with Crippen molar-refractivity contribution < 1.29 is 9.53 Å². The van der Waals surface area contributed by atoms with Crippen molar-refractivity contribution in [1.82, 2.24) is 14.8 Å². The first-order chi connectivity index (χ1) is 15.5. The molecule has 1 amide bonds. The van der Waals surface area contributed by atoms with E-state index in [1.54, 1.807) is 0 Å². The molecule has 0 saturated carbocycles. The van der Waals surface area contributed by atoms with Gasteiger partial charge in [0.1, 0.15) is 0 Å². The number of carbonyl (C=O) groups is 1. The van der Waals surface area contributed by atoms with Crippen molar-refractivity contribution in [2.75, 3.05) is 36.5 Å². The zero-order chi connectivity index (χ0) is 22.5. The third kappa shape index (κ3) is 4.97. The van der Waals surface area contributed by atoms with E-state index in [0.29, 0.717) is 24.3 Å². The normalized spacial score (nSPS) is 15.1. The molecule has 1 aromatic heterocycles. The predicted molar refractivity (Wildman–Crippen MR) is 129 cm³/mol. The second kappa shape index (κ2) is 10.2. The fourth-order valence-electron chi connectivity index (χ4n) is 3.67. The van der Waals surface area contributed by atoms with Crippen molar-refractivity contribution in [3.05, 3.63) is 60.2 Å². The molecule has 0 spiro atoms. The lowest BCUT2D eigenvalue weighted by Gasteiger charge is -2.28. The van der Waals surface area contributed by atoms with Crippen LogP contribution < -0.4 is 10.2 Å². The summed E-state index contributed by atoms with van der Waals surface area (Å²) in [5.41, 5.74) is 2.96. The summed E-state index contributed by atoms with van der Waals surface area (Å²) in [5, 5.41) is 12.4. The number of nitrogens with zero attached hydrogens (tertiary/aromatic N) is 4. The van der Waals surface area contributed by atoms with Crippen molar-refractivity contribution in [3.8, 4) is 5.69 Å². The average Bonchev–Trinajstić information content (AvgIpc) is 3.23. The van der Waals surface area contributed by atoms with Gasteiger partial charge in [-0.15, -0.1) is 10.2 Å². The zero-order valence-corrected chi connectivity index (χ0v) is 19.5. The van der Waals surface area contributed by atoms with Crippen LogP contribution in [0.1, 0.15) is 32.3 Å². The molecule has 168 valence electrons. The summed E-state index contributed by atoms with van der Waals surface area (Å²) in [6.07, 6.45) is 0. The Kier molecular flexibility index (Phi) is 7.12. The average molecular weight is 452 g/mol. The molecule has 4 rings (SSSR count). The summed E-state index contributed by atoms with van der Waals surface area (Å²) in [5.74, 6) is 1.05. The Bertz CT molecular complexity index is 1050. The van der Waals surface area contributed by atoms with Crippen molar-refractivity contribution in [3.63, 3.8) is 0 Å². The summed E-state index contributed by atoms with van der Waals surface area (Å²) >= 11 is 1.41. The minimum Gasteiger partial charge on any atom is -0.378 e. The number of benzene rings is 2. The Morgan fingerprint density at radius 3 is 2.41 bits per heavy atom. The van der Waals surface area contributed by atoms with Crippen molar-refractivity contribution >= 4 is 29.3 Å². The van der Waals surface area contributed by atoms with Crippen LogP contribution in [0.15, 0.2) is 59.8 Å². The quantitative estimate of drug-likeness (QED) is 0.539. The van der Waals surface area contributed by atoms with E-state index >= 15 is 0 Å². The first-order valence-electron chi connectivity index (χ1n) is 10.9. The number of carbonyl (C=O) groups excluding carboxylic acids is 1. The molecule has 1 aliphatic heterocycles. The Morgan fingerprint density at radius 2 is 1.69 bits per heavy atom. The molecule has 1 fully saturated rings. The second-order valence-electron chi connectivity index (χ2n) is 8.04. The van der Waals surface area contributed by atoms with Gasteiger partial charge in [0, 0.05) is 18.8 Å². The molecule has 1 atom stereocenters. The maximum absolute atomic E-state index is 13.0. The molecule has 0 radical (unpaired) electrons. The molecule has 2 heterocycles. The number of ether oxygens (including phenoxy) is 1. The van der Waals surface area contributed by atoms with Crippen LogP contribution in [0.5, 0.6) is 0 Å². The lowest BCUT2D eigenvalue weighted by atomic mass is 10.0. The molecule has 1 aliphatic rings.